The van der Waals surface area contributed by atoms with Gasteiger partial charge in [-0.1, -0.05) is 0 Å². The molecule has 0 aliphatic heterocycles. The van der Waals surface area contributed by atoms with Crippen LogP contribution in [0.3, 0.4) is 0 Å². The highest BCUT2D eigenvalue weighted by atomic mass is 32.1. The third-order valence-electron chi connectivity index (χ3n) is 2.35. The smallest absolute Gasteiger partial charge is 0.121 e. The van der Waals surface area contributed by atoms with Crippen molar-refractivity contribution in [1.29, 1.82) is 0 Å². The lowest BCUT2D eigenvalue weighted by atomic mass is 10.2. The molecule has 4 heteroatoms. The standard InChI is InChI=1S/C12H14N2OS/c1-9-5-10(3-4-12(9)15-2)13-6-11-7-16-8-14-11/h3-5,7-8,13H,6H2,1-2H3. The SMILES string of the molecule is COc1ccc(NCc2cscn2)cc1C. The van der Waals surface area contributed by atoms with E-state index in [0.29, 0.717) is 0 Å². The number of rotatable bonds is 4. The van der Waals surface area contributed by atoms with Gasteiger partial charge in [-0.25, -0.2) is 4.98 Å². The van der Waals surface area contributed by atoms with Gasteiger partial charge in [0.05, 0.1) is 24.9 Å². The maximum absolute atomic E-state index is 5.21. The zero-order valence-electron chi connectivity index (χ0n) is 9.36. The van der Waals surface area contributed by atoms with Crippen molar-refractivity contribution in [2.45, 2.75) is 13.5 Å². The minimum atomic E-state index is 0.759. The van der Waals surface area contributed by atoms with Gasteiger partial charge in [-0.3, -0.25) is 0 Å². The van der Waals surface area contributed by atoms with E-state index in [9.17, 15) is 0 Å². The summed E-state index contributed by atoms with van der Waals surface area (Å²) in [5.41, 5.74) is 5.13. The average Bonchev–Trinajstić information content (AvgIpc) is 2.79. The second-order valence-electron chi connectivity index (χ2n) is 3.52. The quantitative estimate of drug-likeness (QED) is 0.882. The van der Waals surface area contributed by atoms with E-state index in [0.717, 1.165) is 29.2 Å². The Kier molecular flexibility index (Phi) is 3.41. The highest BCUT2D eigenvalue weighted by Gasteiger charge is 2.00. The van der Waals surface area contributed by atoms with Crippen LogP contribution in [0.2, 0.25) is 0 Å². The van der Waals surface area contributed by atoms with E-state index in [1.807, 2.05) is 29.9 Å². The first-order valence-corrected chi connectivity index (χ1v) is 5.99. The van der Waals surface area contributed by atoms with Crippen LogP contribution < -0.4 is 10.1 Å². The van der Waals surface area contributed by atoms with E-state index in [1.165, 1.54) is 0 Å². The van der Waals surface area contributed by atoms with Gasteiger partial charge in [-0.15, -0.1) is 11.3 Å². The summed E-state index contributed by atoms with van der Waals surface area (Å²) >= 11 is 1.61. The van der Waals surface area contributed by atoms with Crippen molar-refractivity contribution in [2.24, 2.45) is 0 Å². The van der Waals surface area contributed by atoms with Gasteiger partial charge in [0.1, 0.15) is 5.75 Å². The van der Waals surface area contributed by atoms with Crippen LogP contribution in [-0.2, 0) is 6.54 Å². The van der Waals surface area contributed by atoms with Gasteiger partial charge in [0.25, 0.3) is 0 Å². The zero-order valence-corrected chi connectivity index (χ0v) is 10.2. The van der Waals surface area contributed by atoms with Crippen LogP contribution in [-0.4, -0.2) is 12.1 Å². The molecule has 1 N–H and O–H groups in total. The molecule has 0 unspecified atom stereocenters. The van der Waals surface area contributed by atoms with E-state index in [-0.39, 0.29) is 0 Å². The van der Waals surface area contributed by atoms with Crippen molar-refractivity contribution < 1.29 is 4.74 Å². The summed E-state index contributed by atoms with van der Waals surface area (Å²) in [5, 5.41) is 5.37. The highest BCUT2D eigenvalue weighted by Crippen LogP contribution is 2.21. The summed E-state index contributed by atoms with van der Waals surface area (Å²) < 4.78 is 5.21. The number of benzene rings is 1. The number of ether oxygens (including phenoxy) is 1. The zero-order chi connectivity index (χ0) is 11.4. The molecular weight excluding hydrogens is 220 g/mol. The predicted molar refractivity (Wildman–Crippen MR) is 67.2 cm³/mol. The number of methoxy groups -OCH3 is 1. The van der Waals surface area contributed by atoms with E-state index in [2.05, 4.69) is 16.4 Å². The molecule has 0 saturated heterocycles. The van der Waals surface area contributed by atoms with Gasteiger partial charge >= 0.3 is 0 Å². The van der Waals surface area contributed by atoms with Crippen LogP contribution in [0.4, 0.5) is 5.69 Å². The Hall–Kier alpha value is -1.55. The molecule has 0 atom stereocenters. The molecular formula is C12H14N2OS. The first-order chi connectivity index (χ1) is 7.79. The molecule has 1 aromatic carbocycles. The molecule has 0 aliphatic rings. The largest absolute Gasteiger partial charge is 0.496 e. The lowest BCUT2D eigenvalue weighted by Crippen LogP contribution is -2.00. The fraction of sp³-hybridized carbons (Fsp3) is 0.250. The Morgan fingerprint density at radius 2 is 2.31 bits per heavy atom. The second-order valence-corrected chi connectivity index (χ2v) is 4.24. The van der Waals surface area contributed by atoms with Gasteiger partial charge in [-0.05, 0) is 30.7 Å². The lowest BCUT2D eigenvalue weighted by molar-refractivity contribution is 0.412. The van der Waals surface area contributed by atoms with Crippen molar-refractivity contribution in [3.63, 3.8) is 0 Å². The number of aryl methyl sites for hydroxylation is 1. The molecule has 0 fully saturated rings. The summed E-state index contributed by atoms with van der Waals surface area (Å²) in [5.74, 6) is 0.916. The molecule has 16 heavy (non-hydrogen) atoms. The first kappa shape index (κ1) is 11.0. The molecule has 1 heterocycles. The number of hydrogen-bond donors (Lipinski definition) is 1. The van der Waals surface area contributed by atoms with Crippen LogP contribution in [0.25, 0.3) is 0 Å². The van der Waals surface area contributed by atoms with Gasteiger partial charge in [0, 0.05) is 11.1 Å². The average molecular weight is 234 g/mol. The first-order valence-electron chi connectivity index (χ1n) is 5.05. The molecule has 0 aliphatic carbocycles. The molecule has 1 aromatic heterocycles. The van der Waals surface area contributed by atoms with Crippen molar-refractivity contribution >= 4 is 17.0 Å². The minimum Gasteiger partial charge on any atom is -0.496 e. The van der Waals surface area contributed by atoms with Gasteiger partial charge in [-0.2, -0.15) is 0 Å². The lowest BCUT2D eigenvalue weighted by Gasteiger charge is -2.08. The Morgan fingerprint density at radius 3 is 2.94 bits per heavy atom. The number of thiazole rings is 1. The predicted octanol–water partition coefficient (Wildman–Crippen LogP) is 3.07. The maximum atomic E-state index is 5.21. The van der Waals surface area contributed by atoms with E-state index < -0.39 is 0 Å². The summed E-state index contributed by atoms with van der Waals surface area (Å²) in [4.78, 5) is 4.22. The number of hydrogen-bond acceptors (Lipinski definition) is 4. The number of nitrogens with one attached hydrogen (secondary N) is 1. The highest BCUT2D eigenvalue weighted by molar-refractivity contribution is 7.07. The Morgan fingerprint density at radius 1 is 1.44 bits per heavy atom. The van der Waals surface area contributed by atoms with Gasteiger partial charge < -0.3 is 10.1 Å². The summed E-state index contributed by atoms with van der Waals surface area (Å²) in [6.07, 6.45) is 0. The van der Waals surface area contributed by atoms with Crippen LogP contribution in [0, 0.1) is 6.92 Å². The van der Waals surface area contributed by atoms with Crippen LogP contribution in [0.1, 0.15) is 11.3 Å². The van der Waals surface area contributed by atoms with Crippen LogP contribution in [0.5, 0.6) is 5.75 Å². The molecule has 0 radical (unpaired) electrons. The molecule has 0 amide bonds. The van der Waals surface area contributed by atoms with E-state index in [1.54, 1.807) is 18.4 Å². The van der Waals surface area contributed by atoms with Gasteiger partial charge in [0.2, 0.25) is 0 Å². The Balaban J connectivity index is 2.02. The fourth-order valence-electron chi connectivity index (χ4n) is 1.51. The number of aromatic nitrogens is 1. The minimum absolute atomic E-state index is 0.759. The summed E-state index contributed by atoms with van der Waals surface area (Å²) in [6, 6.07) is 6.06. The molecule has 2 rings (SSSR count). The van der Waals surface area contributed by atoms with Gasteiger partial charge in [0.15, 0.2) is 0 Å². The summed E-state index contributed by atoms with van der Waals surface area (Å²) in [6.45, 7) is 2.79. The van der Waals surface area contributed by atoms with Crippen molar-refractivity contribution in [3.05, 3.63) is 40.3 Å². The molecule has 84 valence electrons. The molecule has 0 spiro atoms. The topological polar surface area (TPSA) is 34.1 Å². The molecule has 0 bridgehead atoms. The van der Waals surface area contributed by atoms with E-state index >= 15 is 0 Å². The second kappa shape index (κ2) is 4.99. The van der Waals surface area contributed by atoms with E-state index in [4.69, 9.17) is 4.74 Å². The fourth-order valence-corrected chi connectivity index (χ4v) is 2.06. The molecule has 0 saturated carbocycles. The Labute approximate surface area is 99.1 Å². The summed E-state index contributed by atoms with van der Waals surface area (Å²) in [7, 11) is 1.69. The number of nitrogens with zero attached hydrogens (tertiary/aromatic N) is 1. The third-order valence-corrected chi connectivity index (χ3v) is 2.99. The normalized spacial score (nSPS) is 10.1. The Bertz CT molecular complexity index is 454. The monoisotopic (exact) mass is 234 g/mol. The molecule has 3 nitrogen and oxygen atoms in total. The van der Waals surface area contributed by atoms with Crippen molar-refractivity contribution in [3.8, 4) is 5.75 Å². The van der Waals surface area contributed by atoms with Crippen LogP contribution >= 0.6 is 11.3 Å². The number of anilines is 1. The van der Waals surface area contributed by atoms with Crippen molar-refractivity contribution in [2.75, 3.05) is 12.4 Å². The van der Waals surface area contributed by atoms with Crippen molar-refractivity contribution in [1.82, 2.24) is 4.98 Å². The molecule has 2 aromatic rings. The van der Waals surface area contributed by atoms with Crippen LogP contribution in [0.15, 0.2) is 29.1 Å². The third kappa shape index (κ3) is 2.52. The maximum Gasteiger partial charge on any atom is 0.121 e.